The van der Waals surface area contributed by atoms with E-state index in [1.807, 2.05) is 24.3 Å². The van der Waals surface area contributed by atoms with Crippen molar-refractivity contribution in [3.63, 3.8) is 0 Å². The highest BCUT2D eigenvalue weighted by atomic mass is 16.5. The van der Waals surface area contributed by atoms with Gasteiger partial charge in [-0.2, -0.15) is 0 Å². The number of ether oxygens (including phenoxy) is 1. The first-order chi connectivity index (χ1) is 9.29. The van der Waals surface area contributed by atoms with Crippen molar-refractivity contribution in [3.8, 4) is 5.75 Å². The highest BCUT2D eigenvalue weighted by Gasteiger charge is 2.22. The normalized spacial score (nSPS) is 18.4. The highest BCUT2D eigenvalue weighted by molar-refractivity contribution is 5.83. The minimum Gasteiger partial charge on any atom is -0.494 e. The molecule has 1 atom stereocenters. The molecule has 0 radical (unpaired) electrons. The van der Waals surface area contributed by atoms with E-state index >= 15 is 0 Å². The highest BCUT2D eigenvalue weighted by Crippen LogP contribution is 2.13. The zero-order valence-corrected chi connectivity index (χ0v) is 11.4. The van der Waals surface area contributed by atoms with Gasteiger partial charge in [-0.25, -0.2) is 0 Å². The van der Waals surface area contributed by atoms with Gasteiger partial charge >= 0.3 is 0 Å². The van der Waals surface area contributed by atoms with Crippen LogP contribution >= 0.6 is 0 Å². The van der Waals surface area contributed by atoms with Gasteiger partial charge in [0.15, 0.2) is 0 Å². The third-order valence-corrected chi connectivity index (χ3v) is 3.29. The molecule has 2 rings (SSSR count). The van der Waals surface area contributed by atoms with E-state index in [-0.39, 0.29) is 11.9 Å². The summed E-state index contributed by atoms with van der Waals surface area (Å²) in [5.74, 6) is 1.02. The molecule has 0 aromatic heterocycles. The number of nitrogens with one attached hydrogen (secondary N) is 2. The van der Waals surface area contributed by atoms with Gasteiger partial charge in [-0.3, -0.25) is 4.79 Å². The molecule has 19 heavy (non-hydrogen) atoms. The molecule has 1 aromatic rings. The number of carbonyl (C=O) groups excluding carboxylic acids is 1. The summed E-state index contributed by atoms with van der Waals surface area (Å²) >= 11 is 0. The van der Waals surface area contributed by atoms with E-state index < -0.39 is 0 Å². The van der Waals surface area contributed by atoms with Crippen LogP contribution in [0.25, 0.3) is 0 Å². The number of carbonyl (C=O) groups is 1. The second-order valence-corrected chi connectivity index (χ2v) is 4.86. The van der Waals surface area contributed by atoms with Crippen molar-refractivity contribution < 1.29 is 9.53 Å². The minimum absolute atomic E-state index is 0.0412. The molecule has 0 aliphatic carbocycles. The van der Waals surface area contributed by atoms with Crippen molar-refractivity contribution in [2.45, 2.75) is 38.8 Å². The molecule has 2 N–H and O–H groups in total. The molecule has 1 amide bonds. The van der Waals surface area contributed by atoms with Gasteiger partial charge in [-0.15, -0.1) is 0 Å². The van der Waals surface area contributed by atoms with Crippen LogP contribution in [0, 0.1) is 0 Å². The van der Waals surface area contributed by atoms with Gasteiger partial charge in [0.05, 0.1) is 12.6 Å². The maximum Gasteiger partial charge on any atom is 0.237 e. The lowest BCUT2D eigenvalue weighted by Crippen LogP contribution is -2.35. The van der Waals surface area contributed by atoms with E-state index in [4.69, 9.17) is 4.74 Å². The van der Waals surface area contributed by atoms with Gasteiger partial charge in [0.2, 0.25) is 5.91 Å². The van der Waals surface area contributed by atoms with Crippen LogP contribution in [-0.2, 0) is 11.3 Å². The predicted molar refractivity (Wildman–Crippen MR) is 75.1 cm³/mol. The maximum atomic E-state index is 11.4. The van der Waals surface area contributed by atoms with E-state index in [1.165, 1.54) is 5.56 Å². The molecule has 1 aliphatic rings. The Kier molecular flexibility index (Phi) is 5.21. The summed E-state index contributed by atoms with van der Waals surface area (Å²) in [4.78, 5) is 11.4. The SMILES string of the molecule is CCCCOc1ccc(CNC2CCNC2=O)cc1. The number of benzene rings is 1. The fraction of sp³-hybridized carbons (Fsp3) is 0.533. The first-order valence-electron chi connectivity index (χ1n) is 7.02. The second-order valence-electron chi connectivity index (χ2n) is 4.86. The first-order valence-corrected chi connectivity index (χ1v) is 7.02. The van der Waals surface area contributed by atoms with Crippen molar-refractivity contribution in [2.24, 2.45) is 0 Å². The topological polar surface area (TPSA) is 50.4 Å². The average Bonchev–Trinajstić information content (AvgIpc) is 2.84. The Morgan fingerprint density at radius 2 is 2.16 bits per heavy atom. The average molecular weight is 262 g/mol. The van der Waals surface area contributed by atoms with Crippen LogP contribution in [0.15, 0.2) is 24.3 Å². The molecule has 1 unspecified atom stereocenters. The van der Waals surface area contributed by atoms with Gasteiger partial charge in [-0.05, 0) is 30.5 Å². The second kappa shape index (κ2) is 7.14. The summed E-state index contributed by atoms with van der Waals surface area (Å²) in [6, 6.07) is 8.02. The maximum absolute atomic E-state index is 11.4. The molecule has 1 heterocycles. The van der Waals surface area contributed by atoms with E-state index in [0.29, 0.717) is 6.54 Å². The summed E-state index contributed by atoms with van der Waals surface area (Å²) in [6.07, 6.45) is 3.10. The van der Waals surface area contributed by atoms with Crippen molar-refractivity contribution in [2.75, 3.05) is 13.2 Å². The molecule has 4 heteroatoms. The Morgan fingerprint density at radius 3 is 2.79 bits per heavy atom. The molecule has 4 nitrogen and oxygen atoms in total. The van der Waals surface area contributed by atoms with Crippen molar-refractivity contribution in [3.05, 3.63) is 29.8 Å². The summed E-state index contributed by atoms with van der Waals surface area (Å²) in [7, 11) is 0. The lowest BCUT2D eigenvalue weighted by Gasteiger charge is -2.10. The Balaban J connectivity index is 1.76. The van der Waals surface area contributed by atoms with Crippen molar-refractivity contribution in [1.29, 1.82) is 0 Å². The molecule has 104 valence electrons. The fourth-order valence-electron chi connectivity index (χ4n) is 2.07. The van der Waals surface area contributed by atoms with Crippen LogP contribution in [0.1, 0.15) is 31.7 Å². The molecule has 1 fully saturated rings. The van der Waals surface area contributed by atoms with Gasteiger partial charge in [0.25, 0.3) is 0 Å². The Hall–Kier alpha value is -1.55. The van der Waals surface area contributed by atoms with Crippen LogP contribution in [0.5, 0.6) is 5.75 Å². The minimum atomic E-state index is -0.0412. The molecule has 1 aromatic carbocycles. The fourth-order valence-corrected chi connectivity index (χ4v) is 2.07. The largest absolute Gasteiger partial charge is 0.494 e. The smallest absolute Gasteiger partial charge is 0.237 e. The summed E-state index contributed by atoms with van der Waals surface area (Å²) in [6.45, 7) is 4.42. The van der Waals surface area contributed by atoms with Crippen LogP contribution in [-0.4, -0.2) is 25.1 Å². The lowest BCUT2D eigenvalue weighted by molar-refractivity contribution is -0.120. The monoisotopic (exact) mass is 262 g/mol. The number of hydrogen-bond acceptors (Lipinski definition) is 3. The third kappa shape index (κ3) is 4.24. The molecular weight excluding hydrogens is 240 g/mol. The van der Waals surface area contributed by atoms with E-state index in [0.717, 1.165) is 38.2 Å². The standard InChI is InChI=1S/C15H22N2O2/c1-2-3-10-19-13-6-4-12(5-7-13)11-17-14-8-9-16-15(14)18/h4-7,14,17H,2-3,8-11H2,1H3,(H,16,18). The molecule has 1 saturated heterocycles. The van der Waals surface area contributed by atoms with E-state index in [1.54, 1.807) is 0 Å². The Labute approximate surface area is 114 Å². The molecule has 1 aliphatic heterocycles. The zero-order valence-electron chi connectivity index (χ0n) is 11.4. The quantitative estimate of drug-likeness (QED) is 0.737. The van der Waals surface area contributed by atoms with Crippen LogP contribution in [0.3, 0.4) is 0 Å². The van der Waals surface area contributed by atoms with Gasteiger partial charge in [0.1, 0.15) is 5.75 Å². The zero-order chi connectivity index (χ0) is 13.5. The van der Waals surface area contributed by atoms with Gasteiger partial charge < -0.3 is 15.4 Å². The summed E-state index contributed by atoms with van der Waals surface area (Å²) < 4.78 is 5.61. The van der Waals surface area contributed by atoms with E-state index in [9.17, 15) is 4.79 Å². The Morgan fingerprint density at radius 1 is 1.37 bits per heavy atom. The van der Waals surface area contributed by atoms with Crippen LogP contribution < -0.4 is 15.4 Å². The summed E-state index contributed by atoms with van der Waals surface area (Å²) in [5, 5.41) is 6.09. The van der Waals surface area contributed by atoms with Crippen molar-refractivity contribution in [1.82, 2.24) is 10.6 Å². The van der Waals surface area contributed by atoms with Crippen molar-refractivity contribution >= 4 is 5.91 Å². The molecule has 0 spiro atoms. The van der Waals surface area contributed by atoms with Gasteiger partial charge in [-0.1, -0.05) is 25.5 Å². The number of rotatable bonds is 7. The van der Waals surface area contributed by atoms with Crippen LogP contribution in [0.2, 0.25) is 0 Å². The van der Waals surface area contributed by atoms with Crippen LogP contribution in [0.4, 0.5) is 0 Å². The molecular formula is C15H22N2O2. The number of hydrogen-bond donors (Lipinski definition) is 2. The molecule has 0 bridgehead atoms. The number of unbranched alkanes of at least 4 members (excludes halogenated alkanes) is 1. The molecule has 0 saturated carbocycles. The lowest BCUT2D eigenvalue weighted by atomic mass is 10.2. The van der Waals surface area contributed by atoms with Gasteiger partial charge in [0, 0.05) is 13.1 Å². The number of amides is 1. The predicted octanol–water partition coefficient (Wildman–Crippen LogP) is 1.84. The van der Waals surface area contributed by atoms with E-state index in [2.05, 4.69) is 17.6 Å². The third-order valence-electron chi connectivity index (χ3n) is 3.29. The first kappa shape index (κ1) is 13.9. The Bertz CT molecular complexity index is 403. The summed E-state index contributed by atoms with van der Waals surface area (Å²) in [5.41, 5.74) is 1.17.